The molecule has 7 nitrogen and oxygen atoms in total. The Hall–Kier alpha value is -2.70. The zero-order valence-corrected chi connectivity index (χ0v) is 13.9. The van der Waals surface area contributed by atoms with Gasteiger partial charge in [0.15, 0.2) is 0 Å². The smallest absolute Gasteiger partial charge is 0.336 e. The summed E-state index contributed by atoms with van der Waals surface area (Å²) in [5.74, 6) is -1.53. The minimum Gasteiger partial charge on any atom is -0.459 e. The van der Waals surface area contributed by atoms with Gasteiger partial charge in [-0.2, -0.15) is 0 Å². The molecular weight excluding hydrogens is 312 g/mol. The van der Waals surface area contributed by atoms with Crippen molar-refractivity contribution in [1.82, 2.24) is 5.32 Å². The van der Waals surface area contributed by atoms with E-state index in [9.17, 15) is 19.7 Å². The number of nitro benzene ring substituents is 1. The van der Waals surface area contributed by atoms with E-state index < -0.39 is 16.8 Å². The highest BCUT2D eigenvalue weighted by Gasteiger charge is 2.36. The summed E-state index contributed by atoms with van der Waals surface area (Å²) in [6.45, 7) is 5.27. The van der Waals surface area contributed by atoms with Crippen LogP contribution >= 0.6 is 0 Å². The molecule has 0 radical (unpaired) electrons. The van der Waals surface area contributed by atoms with Gasteiger partial charge in [0.2, 0.25) is 5.91 Å². The van der Waals surface area contributed by atoms with E-state index in [4.69, 9.17) is 4.74 Å². The van der Waals surface area contributed by atoms with Crippen LogP contribution < -0.4 is 5.32 Å². The number of esters is 1. The lowest BCUT2D eigenvalue weighted by Gasteiger charge is -2.27. The Labute approximate surface area is 139 Å². The van der Waals surface area contributed by atoms with Gasteiger partial charge in [0.05, 0.1) is 16.6 Å². The Kier molecular flexibility index (Phi) is 5.33. The molecule has 0 unspecified atom stereocenters. The zero-order valence-electron chi connectivity index (χ0n) is 13.9. The predicted octanol–water partition coefficient (Wildman–Crippen LogP) is 2.81. The number of carbonyl (C=O) groups excluding carboxylic acids is 2. The molecule has 0 fully saturated rings. The normalized spacial score (nSPS) is 18.8. The third-order valence-corrected chi connectivity index (χ3v) is 4.08. The average Bonchev–Trinajstić information content (AvgIpc) is 2.53. The van der Waals surface area contributed by atoms with Crippen molar-refractivity contribution in [3.63, 3.8) is 0 Å². The molecule has 24 heavy (non-hydrogen) atoms. The lowest BCUT2D eigenvalue weighted by atomic mass is 9.83. The first kappa shape index (κ1) is 17.7. The zero-order chi connectivity index (χ0) is 17.9. The molecule has 1 aromatic rings. The van der Waals surface area contributed by atoms with Crippen molar-refractivity contribution < 1.29 is 19.2 Å². The van der Waals surface area contributed by atoms with Crippen molar-refractivity contribution in [2.24, 2.45) is 0 Å². The average molecular weight is 332 g/mol. The quantitative estimate of drug-likeness (QED) is 0.508. The summed E-state index contributed by atoms with van der Waals surface area (Å²) in [5.41, 5.74) is 0.874. The molecule has 7 heteroatoms. The van der Waals surface area contributed by atoms with Crippen molar-refractivity contribution >= 4 is 17.6 Å². The summed E-state index contributed by atoms with van der Waals surface area (Å²) < 4.78 is 5.38. The standard InChI is InChI=1S/C17H20N2O5/c1-4-10(2)24-17(21)16-11(3)18-15(20)9-13(16)12-7-5-6-8-14(12)19(22)23/h5-8,10,13H,4,9H2,1-3H3,(H,18,20)/t10-,13+/m0/s1. The second kappa shape index (κ2) is 7.25. The molecule has 1 heterocycles. The van der Waals surface area contributed by atoms with Crippen LogP contribution in [0.4, 0.5) is 5.69 Å². The van der Waals surface area contributed by atoms with Crippen molar-refractivity contribution in [2.45, 2.75) is 45.6 Å². The Morgan fingerprint density at radius 1 is 1.46 bits per heavy atom. The molecule has 0 bridgehead atoms. The molecule has 2 atom stereocenters. The summed E-state index contributed by atoms with van der Waals surface area (Å²) in [6.07, 6.45) is 0.343. The number of allylic oxidation sites excluding steroid dienone is 1. The predicted molar refractivity (Wildman–Crippen MR) is 87.1 cm³/mol. The van der Waals surface area contributed by atoms with E-state index in [1.165, 1.54) is 6.07 Å². The Balaban J connectivity index is 2.50. The maximum absolute atomic E-state index is 12.5. The number of carbonyl (C=O) groups is 2. The minimum absolute atomic E-state index is 0.0346. The highest BCUT2D eigenvalue weighted by molar-refractivity contribution is 5.96. The molecule has 0 saturated heterocycles. The fraction of sp³-hybridized carbons (Fsp3) is 0.412. The van der Waals surface area contributed by atoms with Gasteiger partial charge in [-0.1, -0.05) is 25.1 Å². The summed E-state index contributed by atoms with van der Waals surface area (Å²) in [4.78, 5) is 35.3. The molecule has 0 aliphatic carbocycles. The molecule has 1 aliphatic heterocycles. The number of nitrogens with one attached hydrogen (secondary N) is 1. The summed E-state index contributed by atoms with van der Waals surface area (Å²) >= 11 is 0. The highest BCUT2D eigenvalue weighted by atomic mass is 16.6. The summed E-state index contributed by atoms with van der Waals surface area (Å²) in [6, 6.07) is 6.15. The van der Waals surface area contributed by atoms with Gasteiger partial charge in [0.1, 0.15) is 0 Å². The van der Waals surface area contributed by atoms with E-state index in [1.54, 1.807) is 32.0 Å². The first-order chi connectivity index (χ1) is 11.3. The SMILES string of the molecule is CC[C@H](C)OC(=O)C1=C(C)NC(=O)C[C@@H]1c1ccccc1[N+](=O)[O-]. The maximum atomic E-state index is 12.5. The van der Waals surface area contributed by atoms with Gasteiger partial charge in [-0.3, -0.25) is 14.9 Å². The first-order valence-corrected chi connectivity index (χ1v) is 7.80. The lowest BCUT2D eigenvalue weighted by molar-refractivity contribution is -0.385. The monoisotopic (exact) mass is 332 g/mol. The van der Waals surface area contributed by atoms with Crippen molar-refractivity contribution in [3.8, 4) is 0 Å². The third kappa shape index (κ3) is 3.61. The van der Waals surface area contributed by atoms with Gasteiger partial charge in [0.25, 0.3) is 5.69 Å². The van der Waals surface area contributed by atoms with Crippen molar-refractivity contribution in [2.75, 3.05) is 0 Å². The molecular formula is C17H20N2O5. The Morgan fingerprint density at radius 3 is 2.75 bits per heavy atom. The summed E-state index contributed by atoms with van der Waals surface area (Å²) in [5, 5.41) is 13.9. The van der Waals surface area contributed by atoms with E-state index >= 15 is 0 Å². The molecule has 1 N–H and O–H groups in total. The number of amides is 1. The van der Waals surface area contributed by atoms with Crippen molar-refractivity contribution in [3.05, 3.63) is 51.2 Å². The molecule has 0 saturated carbocycles. The van der Waals surface area contributed by atoms with Crippen LogP contribution in [0.5, 0.6) is 0 Å². The van der Waals surface area contributed by atoms with Crippen LogP contribution in [0.2, 0.25) is 0 Å². The van der Waals surface area contributed by atoms with Crippen LogP contribution in [0.25, 0.3) is 0 Å². The van der Waals surface area contributed by atoms with Gasteiger partial charge in [-0.15, -0.1) is 0 Å². The number of para-hydroxylation sites is 1. The molecule has 128 valence electrons. The van der Waals surface area contributed by atoms with Gasteiger partial charge in [-0.05, 0) is 20.3 Å². The molecule has 0 aromatic heterocycles. The van der Waals surface area contributed by atoms with Crippen LogP contribution in [0.3, 0.4) is 0 Å². The first-order valence-electron chi connectivity index (χ1n) is 7.80. The number of nitrogens with zero attached hydrogens (tertiary/aromatic N) is 1. The lowest BCUT2D eigenvalue weighted by Crippen LogP contribution is -2.35. The second-order valence-corrected chi connectivity index (χ2v) is 5.78. The third-order valence-electron chi connectivity index (χ3n) is 4.08. The number of nitro groups is 1. The maximum Gasteiger partial charge on any atom is 0.336 e. The fourth-order valence-corrected chi connectivity index (χ4v) is 2.72. The van der Waals surface area contributed by atoms with Gasteiger partial charge in [-0.25, -0.2) is 4.79 Å². The fourth-order valence-electron chi connectivity index (χ4n) is 2.72. The topological polar surface area (TPSA) is 98.5 Å². The number of benzene rings is 1. The van der Waals surface area contributed by atoms with Crippen LogP contribution in [-0.4, -0.2) is 22.9 Å². The minimum atomic E-state index is -0.697. The van der Waals surface area contributed by atoms with Gasteiger partial charge < -0.3 is 10.1 Å². The van der Waals surface area contributed by atoms with E-state index in [0.29, 0.717) is 17.7 Å². The Bertz CT molecular complexity index is 711. The largest absolute Gasteiger partial charge is 0.459 e. The van der Waals surface area contributed by atoms with Crippen LogP contribution in [0.1, 0.15) is 45.1 Å². The van der Waals surface area contributed by atoms with E-state index in [2.05, 4.69) is 5.32 Å². The van der Waals surface area contributed by atoms with Crippen molar-refractivity contribution in [1.29, 1.82) is 0 Å². The highest BCUT2D eigenvalue weighted by Crippen LogP contribution is 2.38. The molecule has 1 amide bonds. The summed E-state index contributed by atoms with van der Waals surface area (Å²) in [7, 11) is 0. The van der Waals surface area contributed by atoms with E-state index in [1.807, 2.05) is 6.92 Å². The molecule has 1 aromatic carbocycles. The molecule has 1 aliphatic rings. The molecule has 0 spiro atoms. The number of hydrogen-bond acceptors (Lipinski definition) is 5. The number of hydrogen-bond donors (Lipinski definition) is 1. The number of rotatable bonds is 5. The van der Waals surface area contributed by atoms with Gasteiger partial charge >= 0.3 is 5.97 Å². The molecule has 2 rings (SSSR count). The van der Waals surface area contributed by atoms with Gasteiger partial charge in [0, 0.05) is 29.7 Å². The number of ether oxygens (including phenoxy) is 1. The van der Waals surface area contributed by atoms with Crippen LogP contribution in [-0.2, 0) is 14.3 Å². The van der Waals surface area contributed by atoms with Crippen LogP contribution in [0.15, 0.2) is 35.5 Å². The van der Waals surface area contributed by atoms with E-state index in [-0.39, 0.29) is 29.7 Å². The van der Waals surface area contributed by atoms with E-state index in [0.717, 1.165) is 0 Å². The Morgan fingerprint density at radius 2 is 2.12 bits per heavy atom. The van der Waals surface area contributed by atoms with Crippen LogP contribution in [0, 0.1) is 10.1 Å². The second-order valence-electron chi connectivity index (χ2n) is 5.78.